The molecule has 2 aromatic rings. The zero-order chi connectivity index (χ0) is 15.7. The van der Waals surface area contributed by atoms with Crippen LogP contribution >= 0.6 is 12.2 Å². The first-order valence-corrected chi connectivity index (χ1v) is 7.93. The van der Waals surface area contributed by atoms with Gasteiger partial charge >= 0.3 is 0 Å². The van der Waals surface area contributed by atoms with Crippen molar-refractivity contribution in [2.45, 2.75) is 53.0 Å². The molecule has 0 bridgehead atoms. The van der Waals surface area contributed by atoms with Gasteiger partial charge in [0.2, 0.25) is 5.88 Å². The van der Waals surface area contributed by atoms with E-state index in [1.165, 1.54) is 11.1 Å². The molecule has 0 fully saturated rings. The summed E-state index contributed by atoms with van der Waals surface area (Å²) < 4.78 is 4.35. The highest BCUT2D eigenvalue weighted by Crippen LogP contribution is 2.34. The van der Waals surface area contributed by atoms with E-state index < -0.39 is 0 Å². The van der Waals surface area contributed by atoms with E-state index in [2.05, 4.69) is 45.9 Å². The number of aromatic nitrogens is 2. The minimum absolute atomic E-state index is 0.205. The average Bonchev–Trinajstić information content (AvgIpc) is 2.72. The maximum absolute atomic E-state index is 10.4. The minimum atomic E-state index is 0.205. The molecule has 4 heteroatoms. The fourth-order valence-corrected chi connectivity index (χ4v) is 3.05. The molecule has 0 unspecified atom stereocenters. The summed E-state index contributed by atoms with van der Waals surface area (Å²) >= 11 is 5.55. The summed E-state index contributed by atoms with van der Waals surface area (Å²) in [5, 5.41) is 10.4. The average molecular weight is 304 g/mol. The Morgan fingerprint density at radius 1 is 1.10 bits per heavy atom. The first-order valence-electron chi connectivity index (χ1n) is 7.52. The molecule has 0 amide bonds. The molecular formula is C17H24N2OS. The lowest BCUT2D eigenvalue weighted by Gasteiger charge is -2.20. The zero-order valence-corrected chi connectivity index (χ0v) is 14.2. The van der Waals surface area contributed by atoms with Crippen molar-refractivity contribution in [1.82, 2.24) is 9.13 Å². The Hall–Kier alpha value is -1.55. The van der Waals surface area contributed by atoms with Gasteiger partial charge in [-0.2, -0.15) is 0 Å². The number of aryl methyl sites for hydroxylation is 1. The Labute approximate surface area is 131 Å². The van der Waals surface area contributed by atoms with Crippen molar-refractivity contribution in [1.29, 1.82) is 0 Å². The van der Waals surface area contributed by atoms with Crippen LogP contribution in [0.1, 0.15) is 57.6 Å². The molecule has 1 heterocycles. The summed E-state index contributed by atoms with van der Waals surface area (Å²) in [7, 11) is 0. The Morgan fingerprint density at radius 2 is 1.62 bits per heavy atom. The number of rotatable bonds is 4. The van der Waals surface area contributed by atoms with E-state index in [9.17, 15) is 5.11 Å². The molecule has 0 aliphatic rings. The van der Waals surface area contributed by atoms with Crippen LogP contribution in [0.15, 0.2) is 24.4 Å². The summed E-state index contributed by atoms with van der Waals surface area (Å²) in [5.74, 6) is 0.937. The molecule has 0 aliphatic carbocycles. The van der Waals surface area contributed by atoms with Crippen LogP contribution in [0.3, 0.4) is 0 Å². The summed E-state index contributed by atoms with van der Waals surface area (Å²) in [6, 6.07) is 6.33. The van der Waals surface area contributed by atoms with Crippen molar-refractivity contribution >= 4 is 12.2 Å². The maximum atomic E-state index is 10.4. The Morgan fingerprint density at radius 3 is 2.00 bits per heavy atom. The number of para-hydroxylation sites is 1. The number of hydrogen-bond acceptors (Lipinski definition) is 2. The molecule has 0 aliphatic heterocycles. The van der Waals surface area contributed by atoms with Gasteiger partial charge in [-0.1, -0.05) is 45.9 Å². The Bertz CT molecular complexity index is 669. The van der Waals surface area contributed by atoms with Crippen LogP contribution in [0.25, 0.3) is 5.69 Å². The first kappa shape index (κ1) is 15.8. The fourth-order valence-electron chi connectivity index (χ4n) is 2.69. The van der Waals surface area contributed by atoms with E-state index in [1.54, 1.807) is 6.20 Å². The molecule has 3 nitrogen and oxygen atoms in total. The van der Waals surface area contributed by atoms with Crippen molar-refractivity contribution in [3.8, 4) is 11.6 Å². The van der Waals surface area contributed by atoms with Crippen molar-refractivity contribution in [2.75, 3.05) is 0 Å². The molecule has 1 aromatic carbocycles. The van der Waals surface area contributed by atoms with Gasteiger partial charge in [0, 0.05) is 6.54 Å². The molecule has 21 heavy (non-hydrogen) atoms. The van der Waals surface area contributed by atoms with E-state index in [0.29, 0.717) is 16.6 Å². The van der Waals surface area contributed by atoms with Gasteiger partial charge in [0.05, 0.1) is 11.9 Å². The van der Waals surface area contributed by atoms with E-state index in [-0.39, 0.29) is 5.88 Å². The van der Waals surface area contributed by atoms with Crippen LogP contribution in [-0.2, 0) is 6.54 Å². The molecule has 2 rings (SSSR count). The van der Waals surface area contributed by atoms with E-state index in [4.69, 9.17) is 12.2 Å². The van der Waals surface area contributed by atoms with Crippen molar-refractivity contribution in [3.05, 3.63) is 40.3 Å². The highest BCUT2D eigenvalue weighted by atomic mass is 32.1. The number of nitrogens with zero attached hydrogens (tertiary/aromatic N) is 2. The van der Waals surface area contributed by atoms with Crippen LogP contribution in [0.5, 0.6) is 5.88 Å². The summed E-state index contributed by atoms with van der Waals surface area (Å²) in [5.41, 5.74) is 3.46. The lowest BCUT2D eigenvalue weighted by atomic mass is 9.92. The standard InChI is InChI=1S/C17H24N2OS/c1-6-18-10-15(20)19(17(18)21)16-13(11(2)3)8-7-9-14(16)12(4)5/h7-12,20H,6H2,1-5H3. The topological polar surface area (TPSA) is 30.1 Å². The summed E-state index contributed by atoms with van der Waals surface area (Å²) in [4.78, 5) is 0. The van der Waals surface area contributed by atoms with Crippen molar-refractivity contribution in [3.63, 3.8) is 0 Å². The SMILES string of the molecule is CCn1cc(O)n(-c2c(C(C)C)cccc2C(C)C)c1=S. The van der Waals surface area contributed by atoms with E-state index in [1.807, 2.05) is 16.1 Å². The quantitative estimate of drug-likeness (QED) is 0.807. The highest BCUT2D eigenvalue weighted by Gasteiger charge is 2.19. The second-order valence-corrected chi connectivity index (χ2v) is 6.35. The maximum Gasteiger partial charge on any atom is 0.214 e. The van der Waals surface area contributed by atoms with Crippen LogP contribution < -0.4 is 0 Å². The number of benzene rings is 1. The van der Waals surface area contributed by atoms with Gasteiger partial charge in [-0.3, -0.25) is 4.57 Å². The second-order valence-electron chi connectivity index (χ2n) is 5.99. The van der Waals surface area contributed by atoms with E-state index in [0.717, 1.165) is 12.2 Å². The van der Waals surface area contributed by atoms with Crippen LogP contribution in [0, 0.1) is 4.77 Å². The molecular weight excluding hydrogens is 280 g/mol. The zero-order valence-electron chi connectivity index (χ0n) is 13.4. The predicted molar refractivity (Wildman–Crippen MR) is 90.1 cm³/mol. The highest BCUT2D eigenvalue weighted by molar-refractivity contribution is 7.71. The van der Waals surface area contributed by atoms with Crippen LogP contribution in [0.4, 0.5) is 0 Å². The molecule has 1 N–H and O–H groups in total. The molecule has 0 spiro atoms. The van der Waals surface area contributed by atoms with Gasteiger partial charge < -0.3 is 9.67 Å². The lowest BCUT2D eigenvalue weighted by Crippen LogP contribution is -2.08. The number of imidazole rings is 1. The molecule has 0 saturated heterocycles. The molecule has 0 atom stereocenters. The fraction of sp³-hybridized carbons (Fsp3) is 0.471. The number of aromatic hydroxyl groups is 1. The monoisotopic (exact) mass is 304 g/mol. The Kier molecular flexibility index (Phi) is 4.57. The smallest absolute Gasteiger partial charge is 0.214 e. The van der Waals surface area contributed by atoms with Gasteiger partial charge in [0.15, 0.2) is 4.77 Å². The first-order chi connectivity index (χ1) is 9.88. The van der Waals surface area contributed by atoms with Crippen molar-refractivity contribution < 1.29 is 5.11 Å². The number of hydrogen-bond donors (Lipinski definition) is 1. The molecule has 1 aromatic heterocycles. The third kappa shape index (κ3) is 2.77. The molecule has 0 radical (unpaired) electrons. The predicted octanol–water partition coefficient (Wildman–Crippen LogP) is 4.98. The van der Waals surface area contributed by atoms with Crippen LogP contribution in [0.2, 0.25) is 0 Å². The minimum Gasteiger partial charge on any atom is -0.493 e. The summed E-state index contributed by atoms with van der Waals surface area (Å²) in [6.45, 7) is 11.4. The summed E-state index contributed by atoms with van der Waals surface area (Å²) in [6.07, 6.45) is 1.71. The van der Waals surface area contributed by atoms with E-state index >= 15 is 0 Å². The van der Waals surface area contributed by atoms with Gasteiger partial charge in [-0.05, 0) is 42.1 Å². The van der Waals surface area contributed by atoms with Gasteiger partial charge in [0.25, 0.3) is 0 Å². The third-order valence-electron chi connectivity index (χ3n) is 3.84. The largest absolute Gasteiger partial charge is 0.493 e. The van der Waals surface area contributed by atoms with Gasteiger partial charge in [-0.15, -0.1) is 0 Å². The van der Waals surface area contributed by atoms with Gasteiger partial charge in [0.1, 0.15) is 0 Å². The van der Waals surface area contributed by atoms with Gasteiger partial charge in [-0.25, -0.2) is 0 Å². The molecule has 114 valence electrons. The third-order valence-corrected chi connectivity index (χ3v) is 4.26. The van der Waals surface area contributed by atoms with Crippen LogP contribution in [-0.4, -0.2) is 14.2 Å². The molecule has 0 saturated carbocycles. The van der Waals surface area contributed by atoms with Crippen molar-refractivity contribution in [2.24, 2.45) is 0 Å². The lowest BCUT2D eigenvalue weighted by molar-refractivity contribution is 0.440. The Balaban J connectivity index is 2.85. The second kappa shape index (κ2) is 6.06. The normalized spacial score (nSPS) is 11.6.